The lowest BCUT2D eigenvalue weighted by atomic mass is 10.1. The SMILES string of the molecule is CN1CC[C@@H](Oc2cc(NS(=O)(=O)c3ccc(Sc4ccc(F)cc4)cc3Cl)ccc2C(F)(F)F)C1. The van der Waals surface area contributed by atoms with Gasteiger partial charge in [-0.3, -0.25) is 4.72 Å². The number of nitrogens with one attached hydrogen (secondary N) is 1. The van der Waals surface area contributed by atoms with E-state index in [1.54, 1.807) is 12.1 Å². The minimum absolute atomic E-state index is 0.0769. The minimum Gasteiger partial charge on any atom is -0.488 e. The van der Waals surface area contributed by atoms with E-state index < -0.39 is 33.6 Å². The van der Waals surface area contributed by atoms with Crippen LogP contribution < -0.4 is 9.46 Å². The molecule has 1 N–H and O–H groups in total. The van der Waals surface area contributed by atoms with Gasteiger partial charge in [0.25, 0.3) is 10.0 Å². The molecule has 0 amide bonds. The molecule has 0 aromatic heterocycles. The van der Waals surface area contributed by atoms with Crippen molar-refractivity contribution in [3.05, 3.63) is 77.1 Å². The van der Waals surface area contributed by atoms with Crippen molar-refractivity contribution in [3.63, 3.8) is 0 Å². The molecule has 12 heteroatoms. The predicted octanol–water partition coefficient (Wildman–Crippen LogP) is 6.53. The number of benzene rings is 3. The Hall–Kier alpha value is -2.47. The molecule has 1 aliphatic heterocycles. The van der Waals surface area contributed by atoms with Crippen LogP contribution in [0.15, 0.2) is 75.4 Å². The van der Waals surface area contributed by atoms with Crippen molar-refractivity contribution in [2.24, 2.45) is 0 Å². The Labute approximate surface area is 215 Å². The number of halogens is 5. The Kier molecular flexibility index (Phi) is 7.75. The normalized spacial score (nSPS) is 16.8. The first-order chi connectivity index (χ1) is 16.9. The third-order valence-electron chi connectivity index (χ3n) is 5.42. The van der Waals surface area contributed by atoms with Crippen LogP contribution in [0.1, 0.15) is 12.0 Å². The average molecular weight is 561 g/mol. The minimum atomic E-state index is -4.67. The Morgan fingerprint density at radius 2 is 1.75 bits per heavy atom. The van der Waals surface area contributed by atoms with E-state index in [1.807, 2.05) is 11.9 Å². The van der Waals surface area contributed by atoms with Gasteiger partial charge in [-0.2, -0.15) is 13.2 Å². The zero-order chi connectivity index (χ0) is 26.1. The monoisotopic (exact) mass is 560 g/mol. The maximum absolute atomic E-state index is 13.5. The van der Waals surface area contributed by atoms with E-state index in [4.69, 9.17) is 16.3 Å². The summed E-state index contributed by atoms with van der Waals surface area (Å²) in [6.07, 6.45) is -4.55. The Morgan fingerprint density at radius 1 is 1.06 bits per heavy atom. The highest BCUT2D eigenvalue weighted by molar-refractivity contribution is 7.99. The zero-order valence-electron chi connectivity index (χ0n) is 18.9. The summed E-state index contributed by atoms with van der Waals surface area (Å²) in [5.41, 5.74) is -1.08. The van der Waals surface area contributed by atoms with Gasteiger partial charge in [0, 0.05) is 28.9 Å². The molecule has 3 aromatic carbocycles. The number of nitrogens with zero attached hydrogens (tertiary/aromatic N) is 1. The van der Waals surface area contributed by atoms with Crippen LogP contribution in [-0.2, 0) is 16.2 Å². The van der Waals surface area contributed by atoms with Crippen molar-refractivity contribution in [1.29, 1.82) is 0 Å². The molecular formula is C24H21ClF4N2O3S2. The molecule has 3 aromatic rings. The van der Waals surface area contributed by atoms with Crippen molar-refractivity contribution in [2.45, 2.75) is 33.4 Å². The number of hydrogen-bond acceptors (Lipinski definition) is 5. The van der Waals surface area contributed by atoms with Gasteiger partial charge in [0.2, 0.25) is 0 Å². The molecular weight excluding hydrogens is 540 g/mol. The van der Waals surface area contributed by atoms with E-state index in [0.717, 1.165) is 23.1 Å². The summed E-state index contributed by atoms with van der Waals surface area (Å²) in [7, 11) is -2.39. The van der Waals surface area contributed by atoms with Gasteiger partial charge >= 0.3 is 6.18 Å². The molecule has 36 heavy (non-hydrogen) atoms. The van der Waals surface area contributed by atoms with Gasteiger partial charge in [0.15, 0.2) is 0 Å². The number of likely N-dealkylation sites (tertiary alicyclic amines) is 1. The van der Waals surface area contributed by atoms with Crippen LogP contribution >= 0.6 is 23.4 Å². The Bertz CT molecular complexity index is 1350. The first-order valence-electron chi connectivity index (χ1n) is 10.7. The fraction of sp³-hybridized carbons (Fsp3) is 0.250. The van der Waals surface area contributed by atoms with Crippen LogP contribution in [0.25, 0.3) is 0 Å². The predicted molar refractivity (Wildman–Crippen MR) is 131 cm³/mol. The Balaban J connectivity index is 1.56. The molecule has 4 rings (SSSR count). The van der Waals surface area contributed by atoms with Crippen molar-refractivity contribution >= 4 is 39.1 Å². The zero-order valence-corrected chi connectivity index (χ0v) is 21.2. The lowest BCUT2D eigenvalue weighted by molar-refractivity contribution is -0.139. The first kappa shape index (κ1) is 26.6. The maximum Gasteiger partial charge on any atom is 0.419 e. The van der Waals surface area contributed by atoms with E-state index in [0.29, 0.717) is 24.4 Å². The van der Waals surface area contributed by atoms with E-state index >= 15 is 0 Å². The van der Waals surface area contributed by atoms with Crippen LogP contribution in [0, 0.1) is 5.82 Å². The second-order valence-corrected chi connectivity index (χ2v) is 11.5. The molecule has 1 atom stereocenters. The smallest absolute Gasteiger partial charge is 0.419 e. The van der Waals surface area contributed by atoms with E-state index in [2.05, 4.69) is 4.72 Å². The van der Waals surface area contributed by atoms with Gasteiger partial charge < -0.3 is 9.64 Å². The molecule has 0 aliphatic carbocycles. The molecule has 1 saturated heterocycles. The summed E-state index contributed by atoms with van der Waals surface area (Å²) in [4.78, 5) is 3.04. The number of anilines is 1. The summed E-state index contributed by atoms with van der Waals surface area (Å²) in [6.45, 7) is 1.15. The van der Waals surface area contributed by atoms with Crippen LogP contribution in [0.4, 0.5) is 23.2 Å². The highest BCUT2D eigenvalue weighted by Gasteiger charge is 2.36. The molecule has 0 saturated carbocycles. The first-order valence-corrected chi connectivity index (χ1v) is 13.4. The average Bonchev–Trinajstić information content (AvgIpc) is 3.18. The fourth-order valence-corrected chi connectivity index (χ4v) is 6.22. The highest BCUT2D eigenvalue weighted by atomic mass is 35.5. The molecule has 0 spiro atoms. The summed E-state index contributed by atoms with van der Waals surface area (Å²) >= 11 is 7.51. The summed E-state index contributed by atoms with van der Waals surface area (Å²) in [5.74, 6) is -0.822. The van der Waals surface area contributed by atoms with E-state index in [-0.39, 0.29) is 21.4 Å². The van der Waals surface area contributed by atoms with Gasteiger partial charge in [-0.25, -0.2) is 12.8 Å². The van der Waals surface area contributed by atoms with Crippen LogP contribution in [-0.4, -0.2) is 39.6 Å². The second-order valence-electron chi connectivity index (χ2n) is 8.25. The lowest BCUT2D eigenvalue weighted by Crippen LogP contribution is -2.23. The number of likely N-dealkylation sites (N-methyl/N-ethyl adjacent to an activating group) is 1. The Morgan fingerprint density at radius 3 is 2.36 bits per heavy atom. The van der Waals surface area contributed by atoms with Crippen molar-refractivity contribution in [1.82, 2.24) is 4.90 Å². The molecule has 0 unspecified atom stereocenters. The maximum atomic E-state index is 13.5. The fourth-order valence-electron chi connectivity index (χ4n) is 3.70. The number of ether oxygens (including phenoxy) is 1. The van der Waals surface area contributed by atoms with Gasteiger partial charge in [0.05, 0.1) is 16.3 Å². The van der Waals surface area contributed by atoms with E-state index in [1.165, 1.54) is 42.1 Å². The quantitative estimate of drug-likeness (QED) is 0.333. The van der Waals surface area contributed by atoms with Gasteiger partial charge in [-0.1, -0.05) is 23.4 Å². The summed E-state index contributed by atoms with van der Waals surface area (Å²) in [5, 5.41) is -0.0769. The van der Waals surface area contributed by atoms with Crippen LogP contribution in [0.5, 0.6) is 5.75 Å². The van der Waals surface area contributed by atoms with Crippen LogP contribution in [0.2, 0.25) is 5.02 Å². The van der Waals surface area contributed by atoms with Crippen molar-refractivity contribution in [3.8, 4) is 5.75 Å². The molecule has 0 bridgehead atoms. The van der Waals surface area contributed by atoms with Crippen molar-refractivity contribution in [2.75, 3.05) is 24.9 Å². The summed E-state index contributed by atoms with van der Waals surface area (Å²) < 4.78 is 87.6. The van der Waals surface area contributed by atoms with E-state index in [9.17, 15) is 26.0 Å². The summed E-state index contributed by atoms with van der Waals surface area (Å²) in [6, 6.07) is 12.9. The van der Waals surface area contributed by atoms with Gasteiger partial charge in [-0.15, -0.1) is 0 Å². The second kappa shape index (κ2) is 10.5. The van der Waals surface area contributed by atoms with Gasteiger partial charge in [-0.05, 0) is 68.1 Å². The van der Waals surface area contributed by atoms with Crippen molar-refractivity contribution < 1.29 is 30.7 Å². The molecule has 5 nitrogen and oxygen atoms in total. The number of rotatable bonds is 7. The molecule has 1 heterocycles. The molecule has 192 valence electrons. The standard InChI is InChI=1S/C24H21ClF4N2O3S2/c1-31-11-10-17(14-31)34-22-12-16(4-8-20(22)24(27,28)29)30-36(32,33)23-9-7-19(13-21(23)25)35-18-5-2-15(26)3-6-18/h2-9,12-13,17,30H,10-11,14H2,1H3/t17-/m1/s1. The number of hydrogen-bond donors (Lipinski definition) is 1. The largest absolute Gasteiger partial charge is 0.488 e. The number of sulfonamides is 1. The van der Waals surface area contributed by atoms with Gasteiger partial charge in [0.1, 0.15) is 22.6 Å². The number of alkyl halides is 3. The molecule has 1 fully saturated rings. The third kappa shape index (κ3) is 6.44. The molecule has 1 aliphatic rings. The highest BCUT2D eigenvalue weighted by Crippen LogP contribution is 2.39. The topological polar surface area (TPSA) is 58.6 Å². The molecule has 0 radical (unpaired) electrons. The third-order valence-corrected chi connectivity index (χ3v) is 8.28. The van der Waals surface area contributed by atoms with Crippen LogP contribution in [0.3, 0.4) is 0 Å². The lowest BCUT2D eigenvalue weighted by Gasteiger charge is -2.19.